The van der Waals surface area contributed by atoms with Gasteiger partial charge < -0.3 is 0 Å². The van der Waals surface area contributed by atoms with E-state index in [9.17, 15) is 4.79 Å². The van der Waals surface area contributed by atoms with E-state index in [1.165, 1.54) is 5.56 Å². The van der Waals surface area contributed by atoms with Gasteiger partial charge in [0.1, 0.15) is 5.78 Å². The van der Waals surface area contributed by atoms with Crippen LogP contribution in [0.1, 0.15) is 39.0 Å². The summed E-state index contributed by atoms with van der Waals surface area (Å²) in [4.78, 5) is 16.1. The molecule has 2 nitrogen and oxygen atoms in total. The monoisotopic (exact) mass is 251 g/mol. The maximum atomic E-state index is 11.8. The predicted molar refractivity (Wildman–Crippen MR) is 74.5 cm³/mol. The van der Waals surface area contributed by atoms with Crippen LogP contribution in [0.4, 0.5) is 0 Å². The number of hydrogen-bond acceptors (Lipinski definition) is 3. The number of ketones is 1. The van der Waals surface area contributed by atoms with Crippen molar-refractivity contribution in [3.63, 3.8) is 0 Å². The van der Waals surface area contributed by atoms with Gasteiger partial charge in [-0.25, -0.2) is 0 Å². The Morgan fingerprint density at radius 2 is 2.06 bits per heavy atom. The van der Waals surface area contributed by atoms with Crippen LogP contribution in [-0.2, 0) is 17.6 Å². The SMILES string of the molecule is CCc1ccc(CC(=O)CSC(C)(C)C)nc1. The van der Waals surface area contributed by atoms with Gasteiger partial charge in [-0.1, -0.05) is 33.8 Å². The molecule has 0 unspecified atom stereocenters. The second kappa shape index (κ2) is 6.20. The molecule has 0 saturated heterocycles. The summed E-state index contributed by atoms with van der Waals surface area (Å²) in [5, 5.41) is 0. The van der Waals surface area contributed by atoms with Crippen LogP contribution in [-0.4, -0.2) is 21.3 Å². The molecule has 94 valence electrons. The Hall–Kier alpha value is -0.830. The maximum Gasteiger partial charge on any atom is 0.148 e. The molecule has 1 aromatic heterocycles. The number of carbonyl (C=O) groups excluding carboxylic acids is 1. The van der Waals surface area contributed by atoms with Crippen molar-refractivity contribution in [3.8, 4) is 0 Å². The molecule has 0 saturated carbocycles. The molecule has 0 radical (unpaired) electrons. The molecule has 0 aliphatic heterocycles. The van der Waals surface area contributed by atoms with Crippen molar-refractivity contribution in [2.75, 3.05) is 5.75 Å². The van der Waals surface area contributed by atoms with Crippen LogP contribution in [0.5, 0.6) is 0 Å². The highest BCUT2D eigenvalue weighted by Gasteiger charge is 2.13. The van der Waals surface area contributed by atoms with E-state index in [0.717, 1.165) is 12.1 Å². The van der Waals surface area contributed by atoms with Gasteiger partial charge in [-0.15, -0.1) is 11.8 Å². The summed E-state index contributed by atoms with van der Waals surface area (Å²) in [6.07, 6.45) is 3.30. The van der Waals surface area contributed by atoms with Crippen LogP contribution in [0, 0.1) is 0 Å². The predicted octanol–water partition coefficient (Wildman–Crippen LogP) is 3.29. The smallest absolute Gasteiger partial charge is 0.148 e. The van der Waals surface area contributed by atoms with E-state index in [1.807, 2.05) is 18.3 Å². The lowest BCUT2D eigenvalue weighted by molar-refractivity contribution is -0.116. The molecular formula is C14H21NOS. The molecule has 0 N–H and O–H groups in total. The standard InChI is InChI=1S/C14H21NOS/c1-5-11-6-7-12(15-9-11)8-13(16)10-17-14(2,3)4/h6-7,9H,5,8,10H2,1-4H3. The van der Waals surface area contributed by atoms with Crippen molar-refractivity contribution in [1.29, 1.82) is 0 Å². The molecule has 0 amide bonds. The number of Topliss-reactive ketones (excluding diaryl/α,β-unsaturated/α-hetero) is 1. The van der Waals surface area contributed by atoms with Crippen LogP contribution in [0.2, 0.25) is 0 Å². The summed E-state index contributed by atoms with van der Waals surface area (Å²) >= 11 is 1.69. The molecule has 1 heterocycles. The molecular weight excluding hydrogens is 230 g/mol. The van der Waals surface area contributed by atoms with Crippen LogP contribution in [0.25, 0.3) is 0 Å². The fourth-order valence-electron chi connectivity index (χ4n) is 1.32. The molecule has 1 rings (SSSR count). The zero-order chi connectivity index (χ0) is 12.9. The van der Waals surface area contributed by atoms with Crippen molar-refractivity contribution < 1.29 is 4.79 Å². The van der Waals surface area contributed by atoms with Gasteiger partial charge in [0, 0.05) is 23.1 Å². The summed E-state index contributed by atoms with van der Waals surface area (Å²) in [5.74, 6) is 0.822. The number of hydrogen-bond donors (Lipinski definition) is 0. The summed E-state index contributed by atoms with van der Waals surface area (Å²) in [5.41, 5.74) is 2.09. The Morgan fingerprint density at radius 3 is 2.53 bits per heavy atom. The summed E-state index contributed by atoms with van der Waals surface area (Å²) in [7, 11) is 0. The minimum absolute atomic E-state index is 0.148. The van der Waals surface area contributed by atoms with Crippen molar-refractivity contribution in [3.05, 3.63) is 29.6 Å². The zero-order valence-electron chi connectivity index (χ0n) is 11.1. The van der Waals surface area contributed by atoms with Gasteiger partial charge in [-0.3, -0.25) is 9.78 Å². The second-order valence-electron chi connectivity index (χ2n) is 5.13. The first kappa shape index (κ1) is 14.2. The van der Waals surface area contributed by atoms with Crippen molar-refractivity contribution in [1.82, 2.24) is 4.98 Å². The summed E-state index contributed by atoms with van der Waals surface area (Å²) in [6, 6.07) is 4.00. The normalized spacial score (nSPS) is 11.5. The highest BCUT2D eigenvalue weighted by molar-refractivity contribution is 8.01. The number of nitrogens with zero attached hydrogens (tertiary/aromatic N) is 1. The number of carbonyl (C=O) groups is 1. The third-order valence-electron chi connectivity index (χ3n) is 2.34. The minimum Gasteiger partial charge on any atom is -0.298 e. The van der Waals surface area contributed by atoms with E-state index in [4.69, 9.17) is 0 Å². The number of pyridine rings is 1. The Bertz CT molecular complexity index is 365. The van der Waals surface area contributed by atoms with E-state index >= 15 is 0 Å². The molecule has 0 spiro atoms. The number of thioether (sulfide) groups is 1. The van der Waals surface area contributed by atoms with Gasteiger partial charge in [0.25, 0.3) is 0 Å². The zero-order valence-corrected chi connectivity index (χ0v) is 11.9. The Labute approximate surface area is 108 Å². The van der Waals surface area contributed by atoms with E-state index < -0.39 is 0 Å². The topological polar surface area (TPSA) is 30.0 Å². The Morgan fingerprint density at radius 1 is 1.35 bits per heavy atom. The maximum absolute atomic E-state index is 11.8. The fourth-order valence-corrected chi connectivity index (χ4v) is 2.01. The lowest BCUT2D eigenvalue weighted by Gasteiger charge is -2.16. The quantitative estimate of drug-likeness (QED) is 0.804. The van der Waals surface area contributed by atoms with Crippen LogP contribution in [0.3, 0.4) is 0 Å². The Kier molecular flexibility index (Phi) is 5.19. The largest absolute Gasteiger partial charge is 0.298 e. The molecule has 0 aromatic carbocycles. The molecule has 0 aliphatic rings. The molecule has 0 bridgehead atoms. The Balaban J connectivity index is 2.45. The van der Waals surface area contributed by atoms with E-state index in [0.29, 0.717) is 12.2 Å². The average molecular weight is 251 g/mol. The third kappa shape index (κ3) is 5.87. The van der Waals surface area contributed by atoms with Gasteiger partial charge in [0.15, 0.2) is 0 Å². The summed E-state index contributed by atoms with van der Waals surface area (Å²) < 4.78 is 0.148. The first-order chi connectivity index (χ1) is 7.90. The number of rotatable bonds is 5. The molecule has 17 heavy (non-hydrogen) atoms. The van der Waals surface area contributed by atoms with E-state index in [2.05, 4.69) is 32.7 Å². The van der Waals surface area contributed by atoms with Crippen molar-refractivity contribution in [2.24, 2.45) is 0 Å². The molecule has 3 heteroatoms. The first-order valence-electron chi connectivity index (χ1n) is 6.00. The molecule has 0 atom stereocenters. The lowest BCUT2D eigenvalue weighted by atomic mass is 10.1. The average Bonchev–Trinajstić information content (AvgIpc) is 2.27. The van der Waals surface area contributed by atoms with Crippen LogP contribution in [0.15, 0.2) is 18.3 Å². The van der Waals surface area contributed by atoms with Gasteiger partial charge in [0.2, 0.25) is 0 Å². The van der Waals surface area contributed by atoms with Crippen molar-refractivity contribution in [2.45, 2.75) is 45.3 Å². The molecule has 0 fully saturated rings. The third-order valence-corrected chi connectivity index (χ3v) is 3.67. The van der Waals surface area contributed by atoms with Gasteiger partial charge >= 0.3 is 0 Å². The van der Waals surface area contributed by atoms with Gasteiger partial charge in [-0.2, -0.15) is 0 Å². The van der Waals surface area contributed by atoms with E-state index in [1.54, 1.807) is 11.8 Å². The van der Waals surface area contributed by atoms with Crippen molar-refractivity contribution >= 4 is 17.5 Å². The highest BCUT2D eigenvalue weighted by Crippen LogP contribution is 2.23. The molecule has 0 aliphatic carbocycles. The lowest BCUT2D eigenvalue weighted by Crippen LogP contribution is -2.14. The van der Waals surface area contributed by atoms with Gasteiger partial charge in [-0.05, 0) is 18.1 Å². The second-order valence-corrected chi connectivity index (χ2v) is 6.93. The highest BCUT2D eigenvalue weighted by atomic mass is 32.2. The van der Waals surface area contributed by atoms with Crippen LogP contribution < -0.4 is 0 Å². The van der Waals surface area contributed by atoms with E-state index in [-0.39, 0.29) is 10.5 Å². The first-order valence-corrected chi connectivity index (χ1v) is 6.99. The van der Waals surface area contributed by atoms with Crippen LogP contribution >= 0.6 is 11.8 Å². The minimum atomic E-state index is 0.148. The fraction of sp³-hybridized carbons (Fsp3) is 0.571. The van der Waals surface area contributed by atoms with Gasteiger partial charge in [0.05, 0.1) is 5.75 Å². The number of aryl methyl sites for hydroxylation is 1. The molecule has 1 aromatic rings. The summed E-state index contributed by atoms with van der Waals surface area (Å²) in [6.45, 7) is 8.47. The number of aromatic nitrogens is 1.